The van der Waals surface area contributed by atoms with E-state index >= 15 is 0 Å². The average Bonchev–Trinajstić information content (AvgIpc) is 3.22. The Balaban J connectivity index is 0.00000171. The quantitative estimate of drug-likeness (QED) is 0.633. The first-order valence-corrected chi connectivity index (χ1v) is 9.98. The summed E-state index contributed by atoms with van der Waals surface area (Å²) >= 11 is 0. The molecule has 0 radical (unpaired) electrons. The van der Waals surface area contributed by atoms with Crippen molar-refractivity contribution in [1.29, 1.82) is 0 Å². The first-order valence-electron chi connectivity index (χ1n) is 9.98. The second-order valence-corrected chi connectivity index (χ2v) is 7.41. The summed E-state index contributed by atoms with van der Waals surface area (Å²) in [5.41, 5.74) is 1.23. The zero-order valence-electron chi connectivity index (χ0n) is 17.6. The zero-order valence-corrected chi connectivity index (χ0v) is 19.2. The maximum Gasteiger partial charge on any atom is 0.231 e. The van der Waals surface area contributed by atoms with Gasteiger partial charge in [-0.2, -0.15) is 0 Å². The summed E-state index contributed by atoms with van der Waals surface area (Å²) in [6.07, 6.45) is -0.526. The monoisotopic (exact) mass is 472 g/mol. The van der Waals surface area contributed by atoms with Crippen molar-refractivity contribution in [3.8, 4) is 23.0 Å². The van der Waals surface area contributed by atoms with E-state index in [1.165, 1.54) is 5.56 Å². The largest absolute Gasteiger partial charge is 0.497 e. The van der Waals surface area contributed by atoms with Gasteiger partial charge in [0.2, 0.25) is 6.79 Å². The van der Waals surface area contributed by atoms with Crippen molar-refractivity contribution in [2.75, 3.05) is 53.2 Å². The Morgan fingerprint density at radius 3 is 2.42 bits per heavy atom. The van der Waals surface area contributed by atoms with Gasteiger partial charge in [-0.25, -0.2) is 0 Å². The highest BCUT2D eigenvalue weighted by Gasteiger charge is 2.21. The SMILES string of the molecule is COc1cccc(OCC(O)CN2CCN(Cc3ccc4c(c3)OCO4)CC2)c1.Cl.Cl. The fourth-order valence-electron chi connectivity index (χ4n) is 3.66. The Bertz CT molecular complexity index is 818. The van der Waals surface area contributed by atoms with Crippen molar-refractivity contribution in [2.24, 2.45) is 0 Å². The number of rotatable bonds is 8. The summed E-state index contributed by atoms with van der Waals surface area (Å²) in [6, 6.07) is 13.6. The van der Waals surface area contributed by atoms with Gasteiger partial charge in [-0.05, 0) is 29.8 Å². The number of halogens is 2. The molecular weight excluding hydrogens is 443 g/mol. The van der Waals surface area contributed by atoms with E-state index in [4.69, 9.17) is 18.9 Å². The van der Waals surface area contributed by atoms with E-state index in [0.717, 1.165) is 50.0 Å². The summed E-state index contributed by atoms with van der Waals surface area (Å²) < 4.78 is 21.7. The van der Waals surface area contributed by atoms with Gasteiger partial charge in [-0.15, -0.1) is 24.8 Å². The molecule has 1 atom stereocenters. The van der Waals surface area contributed by atoms with Crippen molar-refractivity contribution < 1.29 is 24.1 Å². The zero-order chi connectivity index (χ0) is 20.1. The lowest BCUT2D eigenvalue weighted by atomic mass is 10.1. The second kappa shape index (κ2) is 12.2. The highest BCUT2D eigenvalue weighted by atomic mass is 35.5. The van der Waals surface area contributed by atoms with Gasteiger partial charge in [-0.1, -0.05) is 12.1 Å². The van der Waals surface area contributed by atoms with Crippen LogP contribution in [0, 0.1) is 0 Å². The summed E-state index contributed by atoms with van der Waals surface area (Å²) in [5.74, 6) is 3.11. The van der Waals surface area contributed by atoms with Gasteiger partial charge in [0.15, 0.2) is 11.5 Å². The van der Waals surface area contributed by atoms with Gasteiger partial charge in [-0.3, -0.25) is 9.80 Å². The number of aliphatic hydroxyl groups excluding tert-OH is 1. The predicted molar refractivity (Wildman–Crippen MR) is 123 cm³/mol. The van der Waals surface area contributed by atoms with Crippen molar-refractivity contribution >= 4 is 24.8 Å². The van der Waals surface area contributed by atoms with E-state index in [1.54, 1.807) is 7.11 Å². The third kappa shape index (κ3) is 7.05. The van der Waals surface area contributed by atoms with Crippen molar-refractivity contribution in [2.45, 2.75) is 12.6 Å². The van der Waals surface area contributed by atoms with Crippen molar-refractivity contribution in [3.63, 3.8) is 0 Å². The Kier molecular flexibility index (Phi) is 9.99. The van der Waals surface area contributed by atoms with Gasteiger partial charge >= 0.3 is 0 Å². The molecule has 2 aliphatic rings. The molecule has 2 aliphatic heterocycles. The van der Waals surface area contributed by atoms with Crippen LogP contribution in [0.1, 0.15) is 5.56 Å². The van der Waals surface area contributed by atoms with Gasteiger partial charge in [0.1, 0.15) is 24.2 Å². The van der Waals surface area contributed by atoms with Crippen LogP contribution in [0.15, 0.2) is 42.5 Å². The topological polar surface area (TPSA) is 63.6 Å². The Hall–Kier alpha value is -1.90. The van der Waals surface area contributed by atoms with Gasteiger partial charge in [0.05, 0.1) is 7.11 Å². The van der Waals surface area contributed by atoms with Crippen LogP contribution in [0.4, 0.5) is 0 Å². The van der Waals surface area contributed by atoms with Crippen molar-refractivity contribution in [3.05, 3.63) is 48.0 Å². The summed E-state index contributed by atoms with van der Waals surface area (Å²) in [6.45, 7) is 5.89. The molecule has 1 N–H and O–H groups in total. The van der Waals surface area contributed by atoms with E-state index in [2.05, 4.69) is 21.9 Å². The third-order valence-corrected chi connectivity index (χ3v) is 5.26. The molecule has 7 nitrogen and oxygen atoms in total. The summed E-state index contributed by atoms with van der Waals surface area (Å²) in [7, 11) is 1.63. The molecule has 1 fully saturated rings. The molecule has 1 unspecified atom stereocenters. The molecule has 0 amide bonds. The molecule has 4 rings (SSSR count). The number of β-amino-alcohol motifs (C(OH)–C–C–N with tert-alkyl or cyclic N) is 1. The molecule has 9 heteroatoms. The average molecular weight is 473 g/mol. The molecular formula is C22H30Cl2N2O5. The number of fused-ring (bicyclic) bond motifs is 1. The maximum absolute atomic E-state index is 10.3. The number of benzene rings is 2. The third-order valence-electron chi connectivity index (χ3n) is 5.26. The number of hydrogen-bond acceptors (Lipinski definition) is 7. The lowest BCUT2D eigenvalue weighted by Crippen LogP contribution is -2.48. The van der Waals surface area contributed by atoms with Crippen LogP contribution in [0.2, 0.25) is 0 Å². The summed E-state index contributed by atoms with van der Waals surface area (Å²) in [4.78, 5) is 4.71. The molecule has 2 heterocycles. The maximum atomic E-state index is 10.3. The van der Waals surface area contributed by atoms with Gasteiger partial charge < -0.3 is 24.1 Å². The van der Waals surface area contributed by atoms with Crippen LogP contribution in [0.25, 0.3) is 0 Å². The predicted octanol–water partition coefficient (Wildman–Crippen LogP) is 2.83. The second-order valence-electron chi connectivity index (χ2n) is 7.41. The van der Waals surface area contributed by atoms with E-state index in [9.17, 15) is 5.11 Å². The Morgan fingerprint density at radius 2 is 1.65 bits per heavy atom. The van der Waals surface area contributed by atoms with Crippen LogP contribution < -0.4 is 18.9 Å². The highest BCUT2D eigenvalue weighted by molar-refractivity contribution is 5.85. The molecule has 0 aromatic heterocycles. The molecule has 172 valence electrons. The molecule has 0 bridgehead atoms. The Labute approximate surface area is 195 Å². The molecule has 0 aliphatic carbocycles. The molecule has 2 aromatic carbocycles. The minimum absolute atomic E-state index is 0. The lowest BCUT2D eigenvalue weighted by molar-refractivity contribution is 0.0445. The molecule has 31 heavy (non-hydrogen) atoms. The fraction of sp³-hybridized carbons (Fsp3) is 0.455. The Morgan fingerprint density at radius 1 is 0.935 bits per heavy atom. The number of ether oxygens (including phenoxy) is 4. The van der Waals surface area contributed by atoms with Gasteiger partial charge in [0.25, 0.3) is 0 Å². The van der Waals surface area contributed by atoms with E-state index < -0.39 is 6.10 Å². The first-order chi connectivity index (χ1) is 14.2. The van der Waals surface area contributed by atoms with Crippen LogP contribution in [0.3, 0.4) is 0 Å². The first kappa shape index (κ1) is 25.4. The standard InChI is InChI=1S/C22H28N2O5.2ClH/c1-26-19-3-2-4-20(12-19)27-15-18(25)14-24-9-7-23(8-10-24)13-17-5-6-21-22(11-17)29-16-28-21;;/h2-6,11-12,18,25H,7-10,13-16H2,1H3;2*1H. The lowest BCUT2D eigenvalue weighted by Gasteiger charge is -2.35. The van der Waals surface area contributed by atoms with Crippen LogP contribution in [-0.4, -0.2) is 74.2 Å². The van der Waals surface area contributed by atoms with E-state index in [1.807, 2.05) is 30.3 Å². The normalized spacial score (nSPS) is 16.7. The number of aliphatic hydroxyl groups is 1. The number of hydrogen-bond donors (Lipinski definition) is 1. The molecule has 1 saturated heterocycles. The van der Waals surface area contributed by atoms with Crippen LogP contribution >= 0.6 is 24.8 Å². The van der Waals surface area contributed by atoms with Crippen molar-refractivity contribution in [1.82, 2.24) is 9.80 Å². The summed E-state index contributed by atoms with van der Waals surface area (Å²) in [5, 5.41) is 10.3. The molecule has 0 spiro atoms. The minimum atomic E-state index is -0.526. The van der Waals surface area contributed by atoms with Gasteiger partial charge in [0, 0.05) is 45.3 Å². The molecule has 2 aromatic rings. The highest BCUT2D eigenvalue weighted by Crippen LogP contribution is 2.32. The fourth-order valence-corrected chi connectivity index (χ4v) is 3.66. The number of piperazine rings is 1. The number of nitrogens with zero attached hydrogens (tertiary/aromatic N) is 2. The van der Waals surface area contributed by atoms with E-state index in [-0.39, 0.29) is 31.4 Å². The molecule has 0 saturated carbocycles. The van der Waals surface area contributed by atoms with Crippen LogP contribution in [0.5, 0.6) is 23.0 Å². The smallest absolute Gasteiger partial charge is 0.231 e. The van der Waals surface area contributed by atoms with Crippen LogP contribution in [-0.2, 0) is 6.54 Å². The minimum Gasteiger partial charge on any atom is -0.497 e. The number of methoxy groups -OCH3 is 1. The van der Waals surface area contributed by atoms with E-state index in [0.29, 0.717) is 19.1 Å².